The summed E-state index contributed by atoms with van der Waals surface area (Å²) in [5.41, 5.74) is 22.8. The van der Waals surface area contributed by atoms with E-state index in [1.165, 1.54) is 66.9 Å². The fourth-order valence-electron chi connectivity index (χ4n) is 21.2. The van der Waals surface area contributed by atoms with E-state index in [9.17, 15) is 0 Å². The summed E-state index contributed by atoms with van der Waals surface area (Å²) in [4.78, 5) is 46.6. The SMILES string of the molecule is c1ccc(-c2cc(-c3ccc4sc5ccccc5c4c3)cc(-c3nc(-c4ccccc4)nc(-c4ccc5cc6c(cc5c4)oc4ccccc46)n3)c2)cc1.c1ccc(-c2ccc(-c3nc(-c4ccc5cc6oc7ccccc7c6cc5c4)nc(-c4cccc5c4sc4ccccc45)n3)cc2)cc1.c1ccc(-c2ccc(-c3nc(-c4cccc5c4sc4ccccc45)nc(-c4c5ccccc5cc5oc6ccccc6c45)n3)cc2)cc1. The van der Waals surface area contributed by atoms with Crippen molar-refractivity contribution >= 4 is 193 Å². The Morgan fingerprint density at radius 1 is 0.140 bits per heavy atom. The zero-order chi connectivity index (χ0) is 98.8. The third-order valence-corrected chi connectivity index (χ3v) is 32.1. The number of para-hydroxylation sites is 3. The van der Waals surface area contributed by atoms with E-state index in [-0.39, 0.29) is 0 Å². The normalized spacial score (nSPS) is 11.7. The molecule has 0 spiro atoms. The number of thiophene rings is 3. The first-order valence-electron chi connectivity index (χ1n) is 49.9. The number of fused-ring (bicyclic) bond motifs is 21. The number of benzene rings is 22. The van der Waals surface area contributed by atoms with Gasteiger partial charge >= 0.3 is 0 Å². The Bertz CT molecular complexity index is 10800. The summed E-state index contributed by atoms with van der Waals surface area (Å²) in [5, 5.41) is 20.5. The molecule has 0 N–H and O–H groups in total. The second-order valence-corrected chi connectivity index (χ2v) is 40.9. The molecule has 22 aromatic carbocycles. The van der Waals surface area contributed by atoms with Gasteiger partial charge in [-0.05, 0) is 198 Å². The van der Waals surface area contributed by atoms with Crippen molar-refractivity contribution in [3.63, 3.8) is 0 Å². The summed E-state index contributed by atoms with van der Waals surface area (Å²) in [6.45, 7) is 0. The first-order valence-corrected chi connectivity index (χ1v) is 52.3. The molecule has 0 aliphatic carbocycles. The van der Waals surface area contributed by atoms with Gasteiger partial charge in [0, 0.05) is 143 Å². The van der Waals surface area contributed by atoms with E-state index in [4.69, 9.17) is 58.1 Å². The molecule has 0 radical (unpaired) electrons. The largest absolute Gasteiger partial charge is 0.456 e. The van der Waals surface area contributed by atoms with Gasteiger partial charge in [-0.15, -0.1) is 34.0 Å². The maximum atomic E-state index is 6.43. The fourth-order valence-corrected chi connectivity index (χ4v) is 24.7. The van der Waals surface area contributed by atoms with Crippen molar-refractivity contribution in [3.05, 3.63) is 479 Å². The van der Waals surface area contributed by atoms with Gasteiger partial charge in [0.2, 0.25) is 0 Å². The highest BCUT2D eigenvalue weighted by Gasteiger charge is 2.27. The summed E-state index contributed by atoms with van der Waals surface area (Å²) in [7, 11) is 0. The van der Waals surface area contributed by atoms with E-state index in [0.717, 1.165) is 186 Å². The maximum Gasteiger partial charge on any atom is 0.165 e. The van der Waals surface area contributed by atoms with E-state index in [1.807, 2.05) is 90.2 Å². The van der Waals surface area contributed by atoms with Crippen molar-refractivity contribution in [1.82, 2.24) is 44.9 Å². The fraction of sp³-hybridized carbons (Fsp3) is 0. The van der Waals surface area contributed by atoms with Crippen molar-refractivity contribution in [3.8, 4) is 147 Å². The Kier molecular flexibility index (Phi) is 21.2. The molecule has 9 aromatic heterocycles. The molecule has 0 fully saturated rings. The molecule has 15 heteroatoms. The first kappa shape index (κ1) is 87.3. The molecule has 0 aliphatic heterocycles. The molecule has 9 heterocycles. The number of rotatable bonds is 13. The minimum absolute atomic E-state index is 0.614. The molecular weight excluding hydrogens is 1890 g/mol. The molecule has 0 unspecified atom stereocenters. The van der Waals surface area contributed by atoms with Gasteiger partial charge in [-0.3, -0.25) is 0 Å². The van der Waals surface area contributed by atoms with Gasteiger partial charge in [0.25, 0.3) is 0 Å². The number of hydrogen-bond donors (Lipinski definition) is 0. The van der Waals surface area contributed by atoms with Gasteiger partial charge in [-0.2, -0.15) is 0 Å². The topological polar surface area (TPSA) is 155 Å². The molecule has 0 amide bonds. The number of nitrogens with zero attached hydrogens (tertiary/aromatic N) is 9. The van der Waals surface area contributed by atoms with Gasteiger partial charge in [0.1, 0.15) is 33.5 Å². The van der Waals surface area contributed by atoms with Crippen LogP contribution < -0.4 is 0 Å². The van der Waals surface area contributed by atoms with Crippen LogP contribution in [0.5, 0.6) is 0 Å². The lowest BCUT2D eigenvalue weighted by Gasteiger charge is -2.13. The highest BCUT2D eigenvalue weighted by molar-refractivity contribution is 7.27. The van der Waals surface area contributed by atoms with Gasteiger partial charge in [0.05, 0.1) is 0 Å². The lowest BCUT2D eigenvalue weighted by molar-refractivity contribution is 0.669. The highest BCUT2D eigenvalue weighted by Crippen LogP contribution is 2.49. The third-order valence-electron chi connectivity index (χ3n) is 28.5. The summed E-state index contributed by atoms with van der Waals surface area (Å²) in [5.74, 6) is 5.69. The second kappa shape index (κ2) is 36.5. The van der Waals surface area contributed by atoms with Crippen LogP contribution in [-0.4, -0.2) is 44.9 Å². The molecular formula is C135H79N9O3S3. The van der Waals surface area contributed by atoms with Gasteiger partial charge < -0.3 is 13.3 Å². The quantitative estimate of drug-likeness (QED) is 0.108. The minimum Gasteiger partial charge on any atom is -0.456 e. The van der Waals surface area contributed by atoms with Crippen LogP contribution in [0.15, 0.2) is 492 Å². The molecule has 31 aromatic rings. The number of furan rings is 3. The van der Waals surface area contributed by atoms with Crippen LogP contribution in [0.25, 0.3) is 306 Å². The lowest BCUT2D eigenvalue weighted by Crippen LogP contribution is -2.01. The van der Waals surface area contributed by atoms with Crippen molar-refractivity contribution in [2.75, 3.05) is 0 Å². The average Bonchev–Trinajstić information content (AvgIpc) is 1.55. The summed E-state index contributed by atoms with van der Waals surface area (Å²) in [6, 6.07) is 167. The smallest absolute Gasteiger partial charge is 0.165 e. The monoisotopic (exact) mass is 1970 g/mol. The Hall–Kier alpha value is -19.3. The van der Waals surface area contributed by atoms with Gasteiger partial charge in [-0.1, -0.05) is 358 Å². The second-order valence-electron chi connectivity index (χ2n) is 37.7. The molecule has 0 saturated carbocycles. The summed E-state index contributed by atoms with van der Waals surface area (Å²) in [6.07, 6.45) is 0. The molecule has 150 heavy (non-hydrogen) atoms. The third kappa shape index (κ3) is 15.8. The van der Waals surface area contributed by atoms with Crippen molar-refractivity contribution < 1.29 is 13.3 Å². The molecule has 0 bridgehead atoms. The van der Waals surface area contributed by atoms with E-state index in [1.54, 1.807) is 22.7 Å². The van der Waals surface area contributed by atoms with E-state index < -0.39 is 0 Å². The van der Waals surface area contributed by atoms with E-state index >= 15 is 0 Å². The van der Waals surface area contributed by atoms with Crippen LogP contribution in [0.4, 0.5) is 0 Å². The van der Waals surface area contributed by atoms with Gasteiger partial charge in [-0.25, -0.2) is 44.9 Å². The predicted octanol–water partition coefficient (Wildman–Crippen LogP) is 37.5. The Morgan fingerprint density at radius 2 is 0.460 bits per heavy atom. The van der Waals surface area contributed by atoms with Gasteiger partial charge in [0.15, 0.2) is 52.4 Å². The molecule has 12 nitrogen and oxygen atoms in total. The van der Waals surface area contributed by atoms with Crippen molar-refractivity contribution in [2.24, 2.45) is 0 Å². The molecule has 0 saturated heterocycles. The van der Waals surface area contributed by atoms with Crippen LogP contribution in [-0.2, 0) is 0 Å². The standard InChI is InChI=1S/C49H29N3OS.2C43H25N3OS/c1-3-11-30(12-4-1)35-24-36(33-21-22-46-42(28-33)40-16-8-10-18-45(40)54-46)26-38(25-35)49-51-47(31-13-5-2-6-14-31)50-48(52-49)34-20-19-32-27-41-39-15-7-9-17-43(39)53-44(41)29-37(32)23-34;1-2-9-26(10-3-1)27-17-19-28(20-18-27)41-44-42(46-43(45-41)35-14-8-13-34-33-12-5-7-16-39(33)48-40(34)35)30-22-21-29-25-38-36(24-31(29)23-30)32-11-4-6-15-37(32)47-38;1-2-11-26(12-3-1)27-21-23-28(24-22-27)41-44-42(34-18-10-17-32-31-15-7-9-20-37(31)48-40(32)34)46-43(45-41)39-30-14-5-4-13-29(30)25-36-38(39)33-16-6-8-19-35(33)47-36/h1-29H;2*1-25H. The predicted molar refractivity (Wildman–Crippen MR) is 623 cm³/mol. The first-order chi connectivity index (χ1) is 74.2. The van der Waals surface area contributed by atoms with E-state index in [2.05, 4.69) is 400 Å². The van der Waals surface area contributed by atoms with Crippen molar-refractivity contribution in [2.45, 2.75) is 0 Å². The van der Waals surface area contributed by atoms with Crippen molar-refractivity contribution in [1.29, 1.82) is 0 Å². The molecule has 31 rings (SSSR count). The maximum absolute atomic E-state index is 6.43. The van der Waals surface area contributed by atoms with Crippen LogP contribution in [0.1, 0.15) is 0 Å². The summed E-state index contributed by atoms with van der Waals surface area (Å²) < 4.78 is 26.3. The molecule has 0 aliphatic rings. The molecule has 0 atom stereocenters. The van der Waals surface area contributed by atoms with Crippen LogP contribution in [0, 0.1) is 0 Å². The Balaban J connectivity index is 0.000000106. The number of aromatic nitrogens is 9. The van der Waals surface area contributed by atoms with Crippen LogP contribution >= 0.6 is 34.0 Å². The highest BCUT2D eigenvalue weighted by atomic mass is 32.1. The molecule has 700 valence electrons. The van der Waals surface area contributed by atoms with E-state index in [0.29, 0.717) is 52.4 Å². The minimum atomic E-state index is 0.614. The number of hydrogen-bond acceptors (Lipinski definition) is 15. The average molecular weight is 1970 g/mol. The zero-order valence-electron chi connectivity index (χ0n) is 80.1. The Labute approximate surface area is 870 Å². The zero-order valence-corrected chi connectivity index (χ0v) is 82.5. The summed E-state index contributed by atoms with van der Waals surface area (Å²) >= 11 is 5.39. The Morgan fingerprint density at radius 3 is 0.993 bits per heavy atom. The lowest BCUT2D eigenvalue weighted by atomic mass is 9.95. The van der Waals surface area contributed by atoms with Crippen LogP contribution in [0.3, 0.4) is 0 Å². The van der Waals surface area contributed by atoms with Crippen LogP contribution in [0.2, 0.25) is 0 Å².